The van der Waals surface area contributed by atoms with Crippen LogP contribution < -0.4 is 0 Å². The summed E-state index contributed by atoms with van der Waals surface area (Å²) in [5, 5.41) is 0. The minimum absolute atomic E-state index is 0.715. The molecule has 1 aliphatic carbocycles. The molecule has 14 heavy (non-hydrogen) atoms. The third-order valence-electron chi connectivity index (χ3n) is 2.99. The molecule has 1 aromatic rings. The average molecular weight is 202 g/mol. The van der Waals surface area contributed by atoms with Gasteiger partial charge in [0.15, 0.2) is 0 Å². The normalized spacial score (nSPS) is 20.6. The standard InChI is InChI=1S/C13H18Si/c1-14(2,3)13-10-6-8-11-7-4-5-9-12(11)13/h4-7,9-10,13H,8H2,1-3H3. The highest BCUT2D eigenvalue weighted by atomic mass is 28.3. The van der Waals surface area contributed by atoms with Crippen molar-refractivity contribution >= 4 is 8.07 Å². The summed E-state index contributed by atoms with van der Waals surface area (Å²) in [6.45, 7) is 7.35. The van der Waals surface area contributed by atoms with Crippen molar-refractivity contribution in [2.24, 2.45) is 0 Å². The van der Waals surface area contributed by atoms with Gasteiger partial charge in [0.25, 0.3) is 0 Å². The molecule has 1 unspecified atom stereocenters. The van der Waals surface area contributed by atoms with Crippen molar-refractivity contribution in [3.05, 3.63) is 47.5 Å². The van der Waals surface area contributed by atoms with Gasteiger partial charge in [-0.2, -0.15) is 0 Å². The first-order valence-electron chi connectivity index (χ1n) is 5.33. The highest BCUT2D eigenvalue weighted by molar-refractivity contribution is 6.78. The Morgan fingerprint density at radius 2 is 1.86 bits per heavy atom. The summed E-state index contributed by atoms with van der Waals surface area (Å²) < 4.78 is 0. The van der Waals surface area contributed by atoms with Crippen LogP contribution in [-0.4, -0.2) is 8.07 Å². The van der Waals surface area contributed by atoms with E-state index in [0.717, 1.165) is 6.42 Å². The first-order valence-corrected chi connectivity index (χ1v) is 8.91. The van der Waals surface area contributed by atoms with Crippen LogP contribution in [0.3, 0.4) is 0 Å². The highest BCUT2D eigenvalue weighted by Gasteiger charge is 2.28. The fourth-order valence-electron chi connectivity index (χ4n) is 2.21. The first kappa shape index (κ1) is 9.72. The Labute approximate surface area is 87.7 Å². The van der Waals surface area contributed by atoms with E-state index in [2.05, 4.69) is 56.1 Å². The monoisotopic (exact) mass is 202 g/mol. The van der Waals surface area contributed by atoms with Crippen molar-refractivity contribution in [1.82, 2.24) is 0 Å². The maximum Gasteiger partial charge on any atom is 0.0565 e. The summed E-state index contributed by atoms with van der Waals surface area (Å²) in [5.74, 6) is 0. The van der Waals surface area contributed by atoms with E-state index in [4.69, 9.17) is 0 Å². The molecule has 0 bridgehead atoms. The highest BCUT2D eigenvalue weighted by Crippen LogP contribution is 2.33. The van der Waals surface area contributed by atoms with Gasteiger partial charge in [0, 0.05) is 0 Å². The van der Waals surface area contributed by atoms with Crippen LogP contribution in [0.5, 0.6) is 0 Å². The SMILES string of the molecule is C[Si](C)(C)C1C=CCc2ccccc21. The molecule has 2 rings (SSSR count). The molecular weight excluding hydrogens is 184 g/mol. The fraction of sp³-hybridized carbons (Fsp3) is 0.385. The van der Waals surface area contributed by atoms with Gasteiger partial charge in [-0.05, 0) is 23.1 Å². The molecule has 0 saturated heterocycles. The van der Waals surface area contributed by atoms with Gasteiger partial charge in [-0.3, -0.25) is 0 Å². The van der Waals surface area contributed by atoms with Gasteiger partial charge in [0.05, 0.1) is 8.07 Å². The van der Waals surface area contributed by atoms with Crippen LogP contribution in [0.4, 0.5) is 0 Å². The zero-order valence-electron chi connectivity index (χ0n) is 9.25. The second-order valence-electron chi connectivity index (χ2n) is 5.17. The van der Waals surface area contributed by atoms with Crippen molar-refractivity contribution in [3.8, 4) is 0 Å². The number of rotatable bonds is 1. The minimum atomic E-state index is -1.09. The third kappa shape index (κ3) is 1.69. The van der Waals surface area contributed by atoms with Gasteiger partial charge in [-0.15, -0.1) is 0 Å². The van der Waals surface area contributed by atoms with Crippen molar-refractivity contribution < 1.29 is 0 Å². The number of benzene rings is 1. The second-order valence-corrected chi connectivity index (χ2v) is 10.5. The molecule has 0 nitrogen and oxygen atoms in total. The quantitative estimate of drug-likeness (QED) is 0.480. The van der Waals surface area contributed by atoms with E-state index >= 15 is 0 Å². The van der Waals surface area contributed by atoms with Crippen molar-refractivity contribution in [2.45, 2.75) is 31.6 Å². The molecule has 0 saturated carbocycles. The molecule has 0 aromatic heterocycles. The largest absolute Gasteiger partial charge is 0.0838 e. The first-order chi connectivity index (χ1) is 6.59. The molecule has 1 aromatic carbocycles. The lowest BCUT2D eigenvalue weighted by Gasteiger charge is -2.30. The Balaban J connectivity index is 2.46. The van der Waals surface area contributed by atoms with Crippen molar-refractivity contribution in [3.63, 3.8) is 0 Å². The molecule has 0 aliphatic heterocycles. The summed E-state index contributed by atoms with van der Waals surface area (Å²) in [6, 6.07) is 8.90. The van der Waals surface area contributed by atoms with E-state index in [1.165, 1.54) is 5.56 Å². The minimum Gasteiger partial charge on any atom is -0.0838 e. The average Bonchev–Trinajstić information content (AvgIpc) is 2.15. The molecule has 0 radical (unpaired) electrons. The molecule has 0 heterocycles. The fourth-order valence-corrected chi connectivity index (χ4v) is 4.14. The summed E-state index contributed by atoms with van der Waals surface area (Å²) in [7, 11) is -1.09. The molecule has 1 atom stereocenters. The van der Waals surface area contributed by atoms with Gasteiger partial charge >= 0.3 is 0 Å². The summed E-state index contributed by atoms with van der Waals surface area (Å²) in [5.41, 5.74) is 3.82. The van der Waals surface area contributed by atoms with Crippen LogP contribution in [0, 0.1) is 0 Å². The molecule has 0 N–H and O–H groups in total. The van der Waals surface area contributed by atoms with Crippen LogP contribution in [0.15, 0.2) is 36.4 Å². The number of hydrogen-bond acceptors (Lipinski definition) is 0. The topological polar surface area (TPSA) is 0 Å². The van der Waals surface area contributed by atoms with Crippen LogP contribution in [0.2, 0.25) is 19.6 Å². The molecule has 74 valence electrons. The Kier molecular flexibility index (Phi) is 2.36. The Morgan fingerprint density at radius 3 is 2.57 bits per heavy atom. The maximum absolute atomic E-state index is 2.45. The van der Waals surface area contributed by atoms with E-state index in [0.29, 0.717) is 5.54 Å². The summed E-state index contributed by atoms with van der Waals surface area (Å²) in [6.07, 6.45) is 5.89. The lowest BCUT2D eigenvalue weighted by molar-refractivity contribution is 1.02. The van der Waals surface area contributed by atoms with Gasteiger partial charge in [-0.1, -0.05) is 56.1 Å². The smallest absolute Gasteiger partial charge is 0.0565 e. The van der Waals surface area contributed by atoms with Gasteiger partial charge in [-0.25, -0.2) is 0 Å². The summed E-state index contributed by atoms with van der Waals surface area (Å²) >= 11 is 0. The lowest BCUT2D eigenvalue weighted by Crippen LogP contribution is -2.31. The molecule has 0 fully saturated rings. The zero-order chi connectivity index (χ0) is 10.2. The van der Waals surface area contributed by atoms with Crippen molar-refractivity contribution in [2.75, 3.05) is 0 Å². The molecule has 0 amide bonds. The number of hydrogen-bond donors (Lipinski definition) is 0. The van der Waals surface area contributed by atoms with Crippen LogP contribution in [0.25, 0.3) is 0 Å². The van der Waals surface area contributed by atoms with E-state index < -0.39 is 8.07 Å². The predicted molar refractivity (Wildman–Crippen MR) is 65.4 cm³/mol. The Bertz CT molecular complexity index is 358. The van der Waals surface area contributed by atoms with Crippen LogP contribution in [0.1, 0.15) is 16.7 Å². The Morgan fingerprint density at radius 1 is 1.14 bits per heavy atom. The number of allylic oxidation sites excluding steroid dienone is 2. The zero-order valence-corrected chi connectivity index (χ0v) is 10.2. The Hall–Kier alpha value is -0.823. The molecule has 1 aliphatic rings. The van der Waals surface area contributed by atoms with E-state index in [-0.39, 0.29) is 0 Å². The van der Waals surface area contributed by atoms with Gasteiger partial charge in [0.1, 0.15) is 0 Å². The molecule has 0 spiro atoms. The third-order valence-corrected chi connectivity index (χ3v) is 5.36. The van der Waals surface area contributed by atoms with Gasteiger partial charge < -0.3 is 0 Å². The maximum atomic E-state index is 2.45. The number of fused-ring (bicyclic) bond motifs is 1. The van der Waals surface area contributed by atoms with Gasteiger partial charge in [0.2, 0.25) is 0 Å². The molecular formula is C13H18Si. The van der Waals surface area contributed by atoms with E-state index in [9.17, 15) is 0 Å². The van der Waals surface area contributed by atoms with E-state index in [1.807, 2.05) is 0 Å². The van der Waals surface area contributed by atoms with E-state index in [1.54, 1.807) is 5.56 Å². The molecule has 1 heteroatoms. The lowest BCUT2D eigenvalue weighted by atomic mass is 9.97. The summed E-state index contributed by atoms with van der Waals surface area (Å²) in [4.78, 5) is 0. The van der Waals surface area contributed by atoms with Crippen LogP contribution >= 0.6 is 0 Å². The van der Waals surface area contributed by atoms with Crippen molar-refractivity contribution in [1.29, 1.82) is 0 Å². The van der Waals surface area contributed by atoms with Crippen LogP contribution in [-0.2, 0) is 6.42 Å². The second kappa shape index (κ2) is 3.39. The predicted octanol–water partition coefficient (Wildman–Crippen LogP) is 3.76.